The number of aromatic hydroxyl groups is 1. The highest BCUT2D eigenvalue weighted by Crippen LogP contribution is 2.48. The Kier molecular flexibility index (Phi) is 3.91. The predicted molar refractivity (Wildman–Crippen MR) is 97.0 cm³/mol. The van der Waals surface area contributed by atoms with Gasteiger partial charge in [-0.15, -0.1) is 0 Å². The van der Waals surface area contributed by atoms with Gasteiger partial charge in [-0.3, -0.25) is 9.59 Å². The van der Waals surface area contributed by atoms with Gasteiger partial charge in [-0.25, -0.2) is 0 Å². The van der Waals surface area contributed by atoms with E-state index in [1.54, 1.807) is 18.2 Å². The zero-order chi connectivity index (χ0) is 19.5. The highest BCUT2D eigenvalue weighted by molar-refractivity contribution is 6.42. The molecule has 0 aliphatic heterocycles. The maximum Gasteiger partial charge on any atom is 0.196 e. The number of phenols is 1. The number of hydrogen-bond donors (Lipinski definition) is 3. The number of rotatable bonds is 2. The van der Waals surface area contributed by atoms with E-state index in [1.165, 1.54) is 19.2 Å². The van der Waals surface area contributed by atoms with Crippen LogP contribution in [0, 0.1) is 0 Å². The van der Waals surface area contributed by atoms with E-state index in [9.17, 15) is 24.9 Å². The van der Waals surface area contributed by atoms with Crippen molar-refractivity contribution in [3.8, 4) is 11.5 Å². The lowest BCUT2D eigenvalue weighted by Gasteiger charge is -2.34. The third-order valence-corrected chi connectivity index (χ3v) is 5.24. The van der Waals surface area contributed by atoms with Gasteiger partial charge in [-0.1, -0.05) is 25.1 Å². The molecule has 0 bridgehead atoms. The molecule has 27 heavy (non-hydrogen) atoms. The van der Waals surface area contributed by atoms with Crippen LogP contribution < -0.4 is 4.74 Å². The third kappa shape index (κ3) is 2.27. The summed E-state index contributed by atoms with van der Waals surface area (Å²) < 4.78 is 5.21. The predicted octanol–water partition coefficient (Wildman–Crippen LogP) is 2.20. The van der Waals surface area contributed by atoms with Gasteiger partial charge in [0.1, 0.15) is 23.7 Å². The summed E-state index contributed by atoms with van der Waals surface area (Å²) >= 11 is 0. The van der Waals surface area contributed by atoms with E-state index < -0.39 is 23.8 Å². The van der Waals surface area contributed by atoms with Gasteiger partial charge < -0.3 is 20.1 Å². The second-order valence-corrected chi connectivity index (χ2v) is 6.65. The zero-order valence-corrected chi connectivity index (χ0v) is 14.8. The van der Waals surface area contributed by atoms with Crippen molar-refractivity contribution in [1.29, 1.82) is 0 Å². The highest BCUT2D eigenvalue weighted by atomic mass is 16.5. The van der Waals surface area contributed by atoms with Gasteiger partial charge in [0.05, 0.1) is 12.7 Å². The molecule has 0 heterocycles. The van der Waals surface area contributed by atoms with Crippen LogP contribution in [0.5, 0.6) is 11.5 Å². The monoisotopic (exact) mass is 366 g/mol. The largest absolute Gasteiger partial charge is 0.507 e. The molecule has 2 atom stereocenters. The fraction of sp³-hybridized carbons (Fsp3) is 0.238. The van der Waals surface area contributed by atoms with Crippen molar-refractivity contribution in [1.82, 2.24) is 0 Å². The first-order valence-electron chi connectivity index (χ1n) is 8.63. The SMILES string of the molecule is CCc1cc(O)c2c(c1)[C@@H](O)[C@H](O)C1=C2C(=O)c2cccc(OC)c2C1=O. The molecular weight excluding hydrogens is 348 g/mol. The molecule has 0 radical (unpaired) electrons. The lowest BCUT2D eigenvalue weighted by molar-refractivity contribution is 0.0363. The van der Waals surface area contributed by atoms with Crippen LogP contribution in [0.3, 0.4) is 0 Å². The molecule has 2 aliphatic carbocycles. The van der Waals surface area contributed by atoms with Gasteiger partial charge >= 0.3 is 0 Å². The Morgan fingerprint density at radius 2 is 1.78 bits per heavy atom. The summed E-state index contributed by atoms with van der Waals surface area (Å²) in [5.74, 6) is -1.07. The second kappa shape index (κ2) is 6.04. The maximum absolute atomic E-state index is 13.2. The molecule has 0 fully saturated rings. The maximum atomic E-state index is 13.2. The Labute approximate surface area is 155 Å². The third-order valence-electron chi connectivity index (χ3n) is 5.24. The van der Waals surface area contributed by atoms with E-state index in [4.69, 9.17) is 4.74 Å². The molecule has 3 N–H and O–H groups in total. The average molecular weight is 366 g/mol. The first kappa shape index (κ1) is 17.5. The van der Waals surface area contributed by atoms with Gasteiger partial charge in [0.2, 0.25) is 0 Å². The van der Waals surface area contributed by atoms with Gasteiger partial charge in [-0.05, 0) is 29.7 Å². The second-order valence-electron chi connectivity index (χ2n) is 6.65. The Bertz CT molecular complexity index is 1030. The fourth-order valence-electron chi connectivity index (χ4n) is 3.91. The van der Waals surface area contributed by atoms with Crippen LogP contribution in [0.2, 0.25) is 0 Å². The Hall–Kier alpha value is -2.96. The number of carbonyl (C=O) groups excluding carboxylic acids is 2. The number of methoxy groups -OCH3 is 1. The number of allylic oxidation sites excluding steroid dienone is 1. The molecular formula is C21H18O6. The minimum absolute atomic E-state index is 0.0584. The Balaban J connectivity index is 2.06. The van der Waals surface area contributed by atoms with E-state index in [2.05, 4.69) is 0 Å². The lowest BCUT2D eigenvalue weighted by Crippen LogP contribution is -2.36. The first-order valence-corrected chi connectivity index (χ1v) is 8.63. The number of carbonyl (C=O) groups is 2. The molecule has 6 heteroatoms. The number of hydrogen-bond acceptors (Lipinski definition) is 6. The number of phenolic OH excluding ortho intramolecular Hbond substituents is 1. The van der Waals surface area contributed by atoms with Crippen LogP contribution >= 0.6 is 0 Å². The number of aliphatic hydroxyl groups is 2. The summed E-state index contributed by atoms with van der Waals surface area (Å²) in [6.45, 7) is 1.88. The molecule has 138 valence electrons. The Morgan fingerprint density at radius 3 is 2.44 bits per heavy atom. The van der Waals surface area contributed by atoms with Gasteiger partial charge in [-0.2, -0.15) is 0 Å². The summed E-state index contributed by atoms with van der Waals surface area (Å²) in [4.78, 5) is 26.4. The summed E-state index contributed by atoms with van der Waals surface area (Å²) in [6, 6.07) is 7.82. The van der Waals surface area contributed by atoms with Gasteiger partial charge in [0.15, 0.2) is 11.6 Å². The standard InChI is InChI=1S/C21H18O6/c1-3-9-7-11-14(12(22)8-9)16-17(21(26)19(11)24)20(25)15-10(18(16)23)5-4-6-13(15)27-2/h4-8,19,21-22,24,26H,3H2,1-2H3/t19-,21-/m1/s1. The van der Waals surface area contributed by atoms with Crippen molar-refractivity contribution < 1.29 is 29.6 Å². The molecule has 0 spiro atoms. The summed E-state index contributed by atoms with van der Waals surface area (Å²) in [7, 11) is 1.39. The molecule has 4 rings (SSSR count). The quantitative estimate of drug-likeness (QED) is 0.753. The van der Waals surface area contributed by atoms with Gasteiger partial charge in [0, 0.05) is 22.3 Å². The van der Waals surface area contributed by atoms with Crippen molar-refractivity contribution in [2.75, 3.05) is 7.11 Å². The molecule has 0 aromatic heterocycles. The first-order chi connectivity index (χ1) is 12.9. The fourth-order valence-corrected chi connectivity index (χ4v) is 3.91. The summed E-state index contributed by atoms with van der Waals surface area (Å²) in [6.07, 6.45) is -2.40. The van der Waals surface area contributed by atoms with E-state index in [-0.39, 0.29) is 44.9 Å². The topological polar surface area (TPSA) is 104 Å². The molecule has 2 aromatic rings. The van der Waals surface area contributed by atoms with Gasteiger partial charge in [0.25, 0.3) is 0 Å². The molecule has 6 nitrogen and oxygen atoms in total. The van der Waals surface area contributed by atoms with Crippen LogP contribution in [0.15, 0.2) is 35.9 Å². The molecule has 0 saturated heterocycles. The van der Waals surface area contributed by atoms with Crippen LogP contribution in [-0.4, -0.2) is 40.1 Å². The van der Waals surface area contributed by atoms with E-state index in [0.29, 0.717) is 6.42 Å². The molecule has 0 saturated carbocycles. The smallest absolute Gasteiger partial charge is 0.196 e. The summed E-state index contributed by atoms with van der Waals surface area (Å²) in [5.41, 5.74) is 1.02. The Morgan fingerprint density at radius 1 is 1.04 bits per heavy atom. The molecule has 2 aliphatic rings. The molecule has 0 amide bonds. The number of fused-ring (bicyclic) bond motifs is 3. The highest BCUT2D eigenvalue weighted by Gasteiger charge is 2.45. The molecule has 0 unspecified atom stereocenters. The number of Topliss-reactive ketones (excluding diaryl/α,β-unsaturated/α-hetero) is 2. The minimum atomic E-state index is -1.58. The lowest BCUT2D eigenvalue weighted by atomic mass is 9.71. The van der Waals surface area contributed by atoms with E-state index in [0.717, 1.165) is 5.56 Å². The number of benzene rings is 2. The van der Waals surface area contributed by atoms with Crippen molar-refractivity contribution in [2.24, 2.45) is 0 Å². The van der Waals surface area contributed by atoms with Crippen molar-refractivity contribution in [2.45, 2.75) is 25.6 Å². The van der Waals surface area contributed by atoms with Crippen LogP contribution in [0.4, 0.5) is 0 Å². The van der Waals surface area contributed by atoms with E-state index >= 15 is 0 Å². The van der Waals surface area contributed by atoms with Crippen molar-refractivity contribution in [3.05, 3.63) is 63.7 Å². The summed E-state index contributed by atoms with van der Waals surface area (Å²) in [5, 5.41) is 31.8. The number of aryl methyl sites for hydroxylation is 1. The minimum Gasteiger partial charge on any atom is -0.507 e. The van der Waals surface area contributed by atoms with Crippen molar-refractivity contribution >= 4 is 17.1 Å². The number of ketones is 2. The van der Waals surface area contributed by atoms with E-state index in [1.807, 2.05) is 6.92 Å². The number of ether oxygens (including phenoxy) is 1. The zero-order valence-electron chi connectivity index (χ0n) is 14.8. The number of aliphatic hydroxyl groups excluding tert-OH is 2. The average Bonchev–Trinajstić information content (AvgIpc) is 2.67. The van der Waals surface area contributed by atoms with Crippen LogP contribution in [-0.2, 0) is 6.42 Å². The van der Waals surface area contributed by atoms with Crippen molar-refractivity contribution in [3.63, 3.8) is 0 Å². The van der Waals surface area contributed by atoms with Crippen LogP contribution in [0.25, 0.3) is 5.57 Å². The molecule has 2 aromatic carbocycles. The van der Waals surface area contributed by atoms with Crippen LogP contribution in [0.1, 0.15) is 50.4 Å². The normalized spacial score (nSPS) is 20.9.